The number of carbonyl (C=O) groups excluding carboxylic acids is 1. The van der Waals surface area contributed by atoms with E-state index in [4.69, 9.17) is 4.74 Å². The number of amides is 1. The maximum absolute atomic E-state index is 12.3. The lowest BCUT2D eigenvalue weighted by Crippen LogP contribution is -2.43. The fourth-order valence-corrected chi connectivity index (χ4v) is 2.72. The number of hydrogen-bond acceptors (Lipinski definition) is 4. The average Bonchev–Trinajstić information content (AvgIpc) is 2.37. The molecule has 1 rings (SSSR count). The van der Waals surface area contributed by atoms with Gasteiger partial charge in [0.1, 0.15) is 11.6 Å². The normalized spacial score (nSPS) is 17.3. The van der Waals surface area contributed by atoms with E-state index >= 15 is 0 Å². The number of nitriles is 1. The van der Waals surface area contributed by atoms with Crippen molar-refractivity contribution in [3.8, 4) is 6.07 Å². The van der Waals surface area contributed by atoms with Crippen LogP contribution in [0.25, 0.3) is 0 Å². The van der Waals surface area contributed by atoms with Crippen molar-refractivity contribution in [3.63, 3.8) is 0 Å². The molecule has 0 aromatic carbocycles. The molecule has 1 heterocycles. The highest BCUT2D eigenvalue weighted by Gasteiger charge is 2.25. The largest absolute Gasteiger partial charge is 0.385 e. The number of carbonyl (C=O) groups is 1. The van der Waals surface area contributed by atoms with Gasteiger partial charge >= 0.3 is 0 Å². The van der Waals surface area contributed by atoms with Crippen molar-refractivity contribution in [1.29, 1.82) is 5.26 Å². The van der Waals surface area contributed by atoms with Crippen LogP contribution in [0.1, 0.15) is 41.0 Å². The Morgan fingerprint density at radius 1 is 1.29 bits per heavy atom. The van der Waals surface area contributed by atoms with Crippen molar-refractivity contribution in [1.82, 2.24) is 10.2 Å². The van der Waals surface area contributed by atoms with Gasteiger partial charge in [-0.3, -0.25) is 4.79 Å². The van der Waals surface area contributed by atoms with E-state index in [0.29, 0.717) is 26.3 Å². The van der Waals surface area contributed by atoms with Gasteiger partial charge in [-0.25, -0.2) is 0 Å². The molecule has 118 valence electrons. The predicted octanol–water partition coefficient (Wildman–Crippen LogP) is 2.06. The number of nitrogens with zero attached hydrogens (tertiary/aromatic N) is 2. The summed E-state index contributed by atoms with van der Waals surface area (Å²) < 4.78 is 5.22. The molecule has 5 nitrogen and oxygen atoms in total. The van der Waals surface area contributed by atoms with Crippen LogP contribution in [0.5, 0.6) is 0 Å². The van der Waals surface area contributed by atoms with Crippen LogP contribution in [0.3, 0.4) is 0 Å². The van der Waals surface area contributed by atoms with Gasteiger partial charge in [0.15, 0.2) is 0 Å². The maximum Gasteiger partial charge on any atom is 0.266 e. The minimum Gasteiger partial charge on any atom is -0.385 e. The van der Waals surface area contributed by atoms with E-state index in [-0.39, 0.29) is 22.4 Å². The molecule has 0 saturated carbocycles. The standard InChI is InChI=1S/C16H27N3O2/c1-15(2,3)12-16(4,5)18-11-13(10-17)14(20)19-6-8-21-9-7-19/h11,18H,6-9,12H2,1-5H3/b13-11-. The zero-order valence-electron chi connectivity index (χ0n) is 13.8. The van der Waals surface area contributed by atoms with E-state index in [1.807, 2.05) is 6.07 Å². The smallest absolute Gasteiger partial charge is 0.266 e. The fraction of sp³-hybridized carbons (Fsp3) is 0.750. The molecule has 1 amide bonds. The van der Waals surface area contributed by atoms with Gasteiger partial charge in [-0.1, -0.05) is 20.8 Å². The number of rotatable bonds is 4. The Balaban J connectivity index is 2.71. The molecule has 0 bridgehead atoms. The second-order valence-corrected chi connectivity index (χ2v) is 7.34. The van der Waals surface area contributed by atoms with Gasteiger partial charge in [-0.2, -0.15) is 5.26 Å². The summed E-state index contributed by atoms with van der Waals surface area (Å²) in [6, 6.07) is 2.00. The van der Waals surface area contributed by atoms with Gasteiger partial charge < -0.3 is 15.0 Å². The lowest BCUT2D eigenvalue weighted by molar-refractivity contribution is -0.130. The average molecular weight is 293 g/mol. The molecule has 1 aliphatic heterocycles. The molecule has 21 heavy (non-hydrogen) atoms. The first-order valence-electron chi connectivity index (χ1n) is 7.40. The molecule has 0 spiro atoms. The van der Waals surface area contributed by atoms with Crippen molar-refractivity contribution < 1.29 is 9.53 Å². The van der Waals surface area contributed by atoms with Crippen LogP contribution in [0.4, 0.5) is 0 Å². The molecule has 0 aliphatic carbocycles. The van der Waals surface area contributed by atoms with Crippen LogP contribution in [-0.2, 0) is 9.53 Å². The van der Waals surface area contributed by atoms with Crippen molar-refractivity contribution in [2.75, 3.05) is 26.3 Å². The van der Waals surface area contributed by atoms with Crippen LogP contribution in [-0.4, -0.2) is 42.6 Å². The van der Waals surface area contributed by atoms with E-state index in [0.717, 1.165) is 6.42 Å². The van der Waals surface area contributed by atoms with Gasteiger partial charge in [0.05, 0.1) is 13.2 Å². The Labute approximate surface area is 127 Å². The number of nitrogens with one attached hydrogen (secondary N) is 1. The molecular formula is C16H27N3O2. The fourth-order valence-electron chi connectivity index (χ4n) is 2.72. The van der Waals surface area contributed by atoms with Gasteiger partial charge in [-0.15, -0.1) is 0 Å². The third-order valence-corrected chi connectivity index (χ3v) is 3.23. The maximum atomic E-state index is 12.3. The quantitative estimate of drug-likeness (QED) is 0.636. The Morgan fingerprint density at radius 3 is 2.33 bits per heavy atom. The molecular weight excluding hydrogens is 266 g/mol. The second kappa shape index (κ2) is 6.95. The summed E-state index contributed by atoms with van der Waals surface area (Å²) in [6.45, 7) is 12.8. The Bertz CT molecular complexity index is 435. The molecule has 0 aromatic heterocycles. The molecule has 1 saturated heterocycles. The number of ether oxygens (including phenoxy) is 1. The topological polar surface area (TPSA) is 65.4 Å². The lowest BCUT2D eigenvalue weighted by atomic mass is 9.82. The SMILES string of the molecule is CC(C)(C)CC(C)(C)N/C=C(/C#N)C(=O)N1CCOCC1. The lowest BCUT2D eigenvalue weighted by Gasteiger charge is -2.33. The summed E-state index contributed by atoms with van der Waals surface area (Å²) in [4.78, 5) is 13.9. The first kappa shape index (κ1) is 17.5. The molecule has 5 heteroatoms. The second-order valence-electron chi connectivity index (χ2n) is 7.34. The van der Waals surface area contributed by atoms with Gasteiger partial charge in [0.2, 0.25) is 0 Å². The third-order valence-electron chi connectivity index (χ3n) is 3.23. The molecule has 0 atom stereocenters. The van der Waals surface area contributed by atoms with E-state index < -0.39 is 0 Å². The summed E-state index contributed by atoms with van der Waals surface area (Å²) in [5, 5.41) is 12.4. The van der Waals surface area contributed by atoms with E-state index in [1.165, 1.54) is 0 Å². The summed E-state index contributed by atoms with van der Waals surface area (Å²) in [6.07, 6.45) is 2.49. The van der Waals surface area contributed by atoms with Gasteiger partial charge in [0.25, 0.3) is 5.91 Å². The van der Waals surface area contributed by atoms with Crippen molar-refractivity contribution in [2.24, 2.45) is 5.41 Å². The number of morpholine rings is 1. The summed E-state index contributed by atoms with van der Waals surface area (Å²) in [5.74, 6) is -0.222. The van der Waals surface area contributed by atoms with E-state index in [9.17, 15) is 10.1 Å². The summed E-state index contributed by atoms with van der Waals surface area (Å²) in [5.41, 5.74) is 0.149. The van der Waals surface area contributed by atoms with Crippen molar-refractivity contribution in [2.45, 2.75) is 46.6 Å². The highest BCUT2D eigenvalue weighted by Crippen LogP contribution is 2.26. The first-order valence-corrected chi connectivity index (χ1v) is 7.40. The Morgan fingerprint density at radius 2 is 1.86 bits per heavy atom. The number of hydrogen-bond donors (Lipinski definition) is 1. The van der Waals surface area contributed by atoms with Crippen LogP contribution in [0.2, 0.25) is 0 Å². The van der Waals surface area contributed by atoms with Crippen molar-refractivity contribution in [3.05, 3.63) is 11.8 Å². The molecule has 0 aromatic rings. The minimum absolute atomic E-state index is 0.152. The zero-order valence-corrected chi connectivity index (χ0v) is 13.8. The monoisotopic (exact) mass is 293 g/mol. The highest BCUT2D eigenvalue weighted by atomic mass is 16.5. The van der Waals surface area contributed by atoms with Gasteiger partial charge in [-0.05, 0) is 25.7 Å². The first-order chi connectivity index (χ1) is 9.64. The van der Waals surface area contributed by atoms with Crippen molar-refractivity contribution >= 4 is 5.91 Å². The summed E-state index contributed by atoms with van der Waals surface area (Å²) in [7, 11) is 0. The van der Waals surface area contributed by atoms with E-state index in [1.54, 1.807) is 11.1 Å². The Kier molecular flexibility index (Phi) is 5.79. The Hall–Kier alpha value is -1.54. The zero-order chi connectivity index (χ0) is 16.1. The van der Waals surface area contributed by atoms with Crippen LogP contribution >= 0.6 is 0 Å². The third kappa shape index (κ3) is 6.17. The predicted molar refractivity (Wildman–Crippen MR) is 82.4 cm³/mol. The minimum atomic E-state index is -0.222. The molecule has 0 unspecified atom stereocenters. The van der Waals surface area contributed by atoms with Gasteiger partial charge in [0, 0.05) is 24.8 Å². The van der Waals surface area contributed by atoms with Crippen LogP contribution in [0.15, 0.2) is 11.8 Å². The summed E-state index contributed by atoms with van der Waals surface area (Å²) >= 11 is 0. The molecule has 1 N–H and O–H groups in total. The molecule has 1 fully saturated rings. The highest BCUT2D eigenvalue weighted by molar-refractivity contribution is 5.97. The van der Waals surface area contributed by atoms with E-state index in [2.05, 4.69) is 39.9 Å². The molecule has 0 radical (unpaired) electrons. The van der Waals surface area contributed by atoms with Crippen LogP contribution in [0, 0.1) is 16.7 Å². The van der Waals surface area contributed by atoms with Crippen LogP contribution < -0.4 is 5.32 Å². The molecule has 1 aliphatic rings.